The van der Waals surface area contributed by atoms with Crippen molar-refractivity contribution in [1.29, 1.82) is 0 Å². The van der Waals surface area contributed by atoms with Crippen molar-refractivity contribution in [3.8, 4) is 11.5 Å². The highest BCUT2D eigenvalue weighted by atomic mass is 35.5. The fraction of sp³-hybridized carbons (Fsp3) is 0.400. The lowest BCUT2D eigenvalue weighted by atomic mass is 10.1. The van der Waals surface area contributed by atoms with Crippen LogP contribution in [0.25, 0.3) is 0 Å². The molecule has 5 heteroatoms. The van der Waals surface area contributed by atoms with Crippen LogP contribution < -0.4 is 14.8 Å². The average Bonchev–Trinajstić information content (AvgIpc) is 2.62. The van der Waals surface area contributed by atoms with E-state index in [1.807, 2.05) is 31.2 Å². The van der Waals surface area contributed by atoms with E-state index >= 15 is 0 Å². The second-order valence-corrected chi connectivity index (χ2v) is 6.76. The molecule has 0 amide bonds. The molecule has 0 saturated carbocycles. The van der Waals surface area contributed by atoms with Gasteiger partial charge >= 0.3 is 0 Å². The lowest BCUT2D eigenvalue weighted by Gasteiger charge is -2.15. The number of hydrogen-bond donors (Lipinski definition) is 1. The molecule has 2 aromatic rings. The lowest BCUT2D eigenvalue weighted by Crippen LogP contribution is -2.24. The van der Waals surface area contributed by atoms with Gasteiger partial charge in [-0.1, -0.05) is 42.3 Å². The zero-order valence-corrected chi connectivity index (χ0v) is 16.5. The molecule has 3 nitrogen and oxygen atoms in total. The summed E-state index contributed by atoms with van der Waals surface area (Å²) in [6.45, 7) is 8.11. The number of ether oxygens (including phenoxy) is 2. The molecule has 1 N–H and O–H groups in total. The van der Waals surface area contributed by atoms with Gasteiger partial charge in [-0.05, 0) is 55.7 Å². The smallest absolute Gasteiger partial charge is 0.161 e. The second-order valence-electron chi connectivity index (χ2n) is 5.94. The number of halogens is 2. The summed E-state index contributed by atoms with van der Waals surface area (Å²) in [6, 6.07) is 12.0. The van der Waals surface area contributed by atoms with Crippen LogP contribution in [0.2, 0.25) is 10.0 Å². The normalized spacial score (nSPS) is 12.0. The minimum Gasteiger partial charge on any atom is -0.490 e. The van der Waals surface area contributed by atoms with Crippen molar-refractivity contribution >= 4 is 23.2 Å². The Labute approximate surface area is 160 Å². The van der Waals surface area contributed by atoms with Crippen LogP contribution in [-0.4, -0.2) is 12.6 Å². The van der Waals surface area contributed by atoms with Gasteiger partial charge in [-0.2, -0.15) is 0 Å². The van der Waals surface area contributed by atoms with E-state index in [0.717, 1.165) is 30.0 Å². The molecule has 1 atom stereocenters. The van der Waals surface area contributed by atoms with E-state index in [9.17, 15) is 0 Å². The van der Waals surface area contributed by atoms with E-state index in [2.05, 4.69) is 25.2 Å². The maximum Gasteiger partial charge on any atom is 0.161 e. The van der Waals surface area contributed by atoms with Crippen LogP contribution in [0, 0.1) is 0 Å². The quantitative estimate of drug-likeness (QED) is 0.589. The summed E-state index contributed by atoms with van der Waals surface area (Å²) in [5, 5.41) is 4.55. The van der Waals surface area contributed by atoms with E-state index in [1.165, 1.54) is 5.56 Å². The van der Waals surface area contributed by atoms with Crippen LogP contribution in [0.5, 0.6) is 11.5 Å². The first-order valence-electron chi connectivity index (χ1n) is 8.59. The van der Waals surface area contributed by atoms with Gasteiger partial charge in [0.05, 0.1) is 16.7 Å². The molecule has 0 aliphatic carbocycles. The Hall–Kier alpha value is -1.42. The van der Waals surface area contributed by atoms with Crippen LogP contribution in [0.15, 0.2) is 36.4 Å². The first-order chi connectivity index (χ1) is 12.0. The third-order valence-corrected chi connectivity index (χ3v) is 4.69. The Kier molecular flexibility index (Phi) is 7.89. The lowest BCUT2D eigenvalue weighted by molar-refractivity contribution is 0.269. The molecule has 0 bridgehead atoms. The van der Waals surface area contributed by atoms with Crippen molar-refractivity contribution in [3.63, 3.8) is 0 Å². The minimum atomic E-state index is 0.404. The zero-order chi connectivity index (χ0) is 18.2. The van der Waals surface area contributed by atoms with Gasteiger partial charge in [0, 0.05) is 12.6 Å². The third kappa shape index (κ3) is 6.10. The summed E-state index contributed by atoms with van der Waals surface area (Å²) in [5.74, 6) is 1.48. The number of rotatable bonds is 9. The van der Waals surface area contributed by atoms with E-state index in [-0.39, 0.29) is 0 Å². The number of benzene rings is 2. The van der Waals surface area contributed by atoms with Crippen molar-refractivity contribution in [1.82, 2.24) is 5.32 Å². The Morgan fingerprint density at radius 2 is 1.68 bits per heavy atom. The molecule has 0 radical (unpaired) electrons. The summed E-state index contributed by atoms with van der Waals surface area (Å²) < 4.78 is 11.7. The van der Waals surface area contributed by atoms with Gasteiger partial charge in [-0.15, -0.1) is 0 Å². The topological polar surface area (TPSA) is 30.5 Å². The molecule has 0 heterocycles. The van der Waals surface area contributed by atoms with Gasteiger partial charge in [0.15, 0.2) is 11.5 Å². The van der Waals surface area contributed by atoms with Crippen LogP contribution >= 0.6 is 23.2 Å². The molecule has 136 valence electrons. The molecule has 0 aliphatic heterocycles. The monoisotopic (exact) mass is 381 g/mol. The highest BCUT2D eigenvalue weighted by Gasteiger charge is 2.08. The first kappa shape index (κ1) is 19.9. The van der Waals surface area contributed by atoms with Crippen molar-refractivity contribution in [2.75, 3.05) is 6.61 Å². The van der Waals surface area contributed by atoms with E-state index in [1.54, 1.807) is 6.07 Å². The zero-order valence-electron chi connectivity index (χ0n) is 14.9. The molecule has 0 aliphatic rings. The molecule has 2 rings (SSSR count). The summed E-state index contributed by atoms with van der Waals surface area (Å²) in [6.07, 6.45) is 1.10. The Bertz CT molecular complexity index is 691. The predicted molar refractivity (Wildman–Crippen MR) is 105 cm³/mol. The molecule has 0 unspecified atom stereocenters. The van der Waals surface area contributed by atoms with Crippen molar-refractivity contribution < 1.29 is 9.47 Å². The highest BCUT2D eigenvalue weighted by molar-refractivity contribution is 6.42. The third-order valence-electron chi connectivity index (χ3n) is 3.95. The Morgan fingerprint density at radius 3 is 2.36 bits per heavy atom. The molecule has 25 heavy (non-hydrogen) atoms. The Balaban J connectivity index is 2.06. The summed E-state index contributed by atoms with van der Waals surface area (Å²) in [7, 11) is 0. The number of hydrogen-bond acceptors (Lipinski definition) is 3. The molecule has 0 saturated heterocycles. The van der Waals surface area contributed by atoms with E-state index < -0.39 is 0 Å². The fourth-order valence-corrected chi connectivity index (χ4v) is 2.60. The standard InChI is InChI=1S/C20H25Cl2NO2/c1-4-14(3)23-12-15-7-9-19(20(11-15)24-5-2)25-13-16-6-8-17(21)18(22)10-16/h6-11,14,23H,4-5,12-13H2,1-3H3/t14-/m0/s1. The van der Waals surface area contributed by atoms with E-state index in [0.29, 0.717) is 29.3 Å². The molecule has 2 aromatic carbocycles. The first-order valence-corrected chi connectivity index (χ1v) is 9.34. The molecular formula is C20H25Cl2NO2. The second kappa shape index (κ2) is 9.91. The van der Waals surface area contributed by atoms with Gasteiger partial charge in [0.25, 0.3) is 0 Å². The van der Waals surface area contributed by atoms with Gasteiger partial charge in [0.1, 0.15) is 6.61 Å². The molecule has 0 fully saturated rings. The van der Waals surface area contributed by atoms with Gasteiger partial charge in [-0.25, -0.2) is 0 Å². The fourth-order valence-electron chi connectivity index (χ4n) is 2.28. The van der Waals surface area contributed by atoms with Gasteiger partial charge < -0.3 is 14.8 Å². The van der Waals surface area contributed by atoms with E-state index in [4.69, 9.17) is 32.7 Å². The van der Waals surface area contributed by atoms with Crippen LogP contribution in [0.3, 0.4) is 0 Å². The summed E-state index contributed by atoms with van der Waals surface area (Å²) in [5.41, 5.74) is 2.13. The summed E-state index contributed by atoms with van der Waals surface area (Å²) in [4.78, 5) is 0. The average molecular weight is 382 g/mol. The van der Waals surface area contributed by atoms with Crippen molar-refractivity contribution in [2.45, 2.75) is 46.4 Å². The van der Waals surface area contributed by atoms with Gasteiger partial charge in [0.2, 0.25) is 0 Å². The molecular weight excluding hydrogens is 357 g/mol. The Morgan fingerprint density at radius 1 is 0.920 bits per heavy atom. The SMILES string of the molecule is CCOc1cc(CN[C@@H](C)CC)ccc1OCc1ccc(Cl)c(Cl)c1. The largest absolute Gasteiger partial charge is 0.490 e. The van der Waals surface area contributed by atoms with Crippen LogP contribution in [0.4, 0.5) is 0 Å². The minimum absolute atomic E-state index is 0.404. The summed E-state index contributed by atoms with van der Waals surface area (Å²) >= 11 is 12.0. The highest BCUT2D eigenvalue weighted by Crippen LogP contribution is 2.30. The van der Waals surface area contributed by atoms with Crippen molar-refractivity contribution in [2.24, 2.45) is 0 Å². The van der Waals surface area contributed by atoms with Crippen molar-refractivity contribution in [3.05, 3.63) is 57.6 Å². The van der Waals surface area contributed by atoms with Gasteiger partial charge in [-0.3, -0.25) is 0 Å². The predicted octanol–water partition coefficient (Wildman–Crippen LogP) is 5.86. The van der Waals surface area contributed by atoms with Crippen LogP contribution in [-0.2, 0) is 13.2 Å². The van der Waals surface area contributed by atoms with Crippen LogP contribution in [0.1, 0.15) is 38.3 Å². The number of nitrogens with one attached hydrogen (secondary N) is 1. The maximum absolute atomic E-state index is 6.05. The maximum atomic E-state index is 6.05. The molecule has 0 aromatic heterocycles. The molecule has 0 spiro atoms.